The molecule has 1 atom stereocenters. The first-order valence-corrected chi connectivity index (χ1v) is 7.24. The second-order valence-corrected chi connectivity index (χ2v) is 5.46. The molecule has 0 saturated heterocycles. The molecule has 3 rings (SSSR count). The molecule has 2 heterocycles. The minimum Gasteiger partial charge on any atom is -0.431 e. The van der Waals surface area contributed by atoms with E-state index in [2.05, 4.69) is 28.3 Å². The van der Waals surface area contributed by atoms with Crippen molar-refractivity contribution >= 4 is 22.9 Å². The topological polar surface area (TPSA) is 51.0 Å². The highest BCUT2D eigenvalue weighted by Gasteiger charge is 2.09. The minimum absolute atomic E-state index is 0.293. The highest BCUT2D eigenvalue weighted by atomic mass is 32.2. The quantitative estimate of drug-likeness (QED) is 0.793. The smallest absolute Gasteiger partial charge is 0.263 e. The van der Waals surface area contributed by atoms with Crippen molar-refractivity contribution in [2.45, 2.75) is 23.2 Å². The molecule has 102 valence electrons. The molecule has 0 aliphatic rings. The summed E-state index contributed by atoms with van der Waals surface area (Å²) < 4.78 is 5.69. The number of nitrogens with zero attached hydrogens (tertiary/aromatic N) is 2. The van der Waals surface area contributed by atoms with Gasteiger partial charge in [0, 0.05) is 12.2 Å². The van der Waals surface area contributed by atoms with Crippen LogP contribution in [0.5, 0.6) is 0 Å². The van der Waals surface area contributed by atoms with Gasteiger partial charge in [0.25, 0.3) is 5.22 Å². The molecule has 0 amide bonds. The molecule has 5 heteroatoms. The predicted molar refractivity (Wildman–Crippen MR) is 79.8 cm³/mol. The Kier molecular flexibility index (Phi) is 3.71. The van der Waals surface area contributed by atoms with Crippen molar-refractivity contribution in [1.29, 1.82) is 0 Å². The summed E-state index contributed by atoms with van der Waals surface area (Å²) in [4.78, 5) is 8.80. The van der Waals surface area contributed by atoms with Crippen LogP contribution in [-0.2, 0) is 0 Å². The summed E-state index contributed by atoms with van der Waals surface area (Å²) in [6, 6.07) is 12.1. The zero-order valence-electron chi connectivity index (χ0n) is 11.3. The highest BCUT2D eigenvalue weighted by Crippen LogP contribution is 2.29. The predicted octanol–water partition coefficient (Wildman–Crippen LogP) is 3.65. The van der Waals surface area contributed by atoms with Crippen LogP contribution in [-0.4, -0.2) is 17.0 Å². The van der Waals surface area contributed by atoms with Crippen LogP contribution in [0.4, 0.5) is 0 Å². The van der Waals surface area contributed by atoms with Crippen LogP contribution in [0.2, 0.25) is 0 Å². The fraction of sp³-hybridized carbons (Fsp3) is 0.200. The van der Waals surface area contributed by atoms with Gasteiger partial charge in [0.05, 0.1) is 0 Å². The summed E-state index contributed by atoms with van der Waals surface area (Å²) in [5.41, 5.74) is 2.87. The third kappa shape index (κ3) is 2.69. The Morgan fingerprint density at radius 2 is 2.10 bits per heavy atom. The Labute approximate surface area is 121 Å². The Morgan fingerprint density at radius 3 is 2.90 bits per heavy atom. The number of hydrogen-bond donors (Lipinski definition) is 1. The van der Waals surface area contributed by atoms with Crippen LogP contribution < -0.4 is 5.32 Å². The fourth-order valence-electron chi connectivity index (χ4n) is 1.90. The molecule has 0 aliphatic carbocycles. The van der Waals surface area contributed by atoms with Gasteiger partial charge in [-0.15, -0.1) is 0 Å². The minimum atomic E-state index is 0.293. The Balaban J connectivity index is 1.87. The van der Waals surface area contributed by atoms with E-state index in [0.717, 1.165) is 16.1 Å². The summed E-state index contributed by atoms with van der Waals surface area (Å²) in [6.07, 6.45) is 1.81. The van der Waals surface area contributed by atoms with Gasteiger partial charge in [0.15, 0.2) is 5.58 Å². The van der Waals surface area contributed by atoms with Crippen LogP contribution in [0.1, 0.15) is 18.5 Å². The van der Waals surface area contributed by atoms with Gasteiger partial charge in [0.1, 0.15) is 10.5 Å². The maximum absolute atomic E-state index is 5.69. The molecule has 2 aromatic heterocycles. The zero-order valence-corrected chi connectivity index (χ0v) is 12.1. The Morgan fingerprint density at radius 1 is 1.25 bits per heavy atom. The molecule has 1 unspecified atom stereocenters. The summed E-state index contributed by atoms with van der Waals surface area (Å²) in [6.45, 7) is 2.11. The van der Waals surface area contributed by atoms with Crippen molar-refractivity contribution in [3.05, 3.63) is 48.2 Å². The number of aromatic nitrogens is 2. The summed E-state index contributed by atoms with van der Waals surface area (Å²) in [5, 5.41) is 4.72. The van der Waals surface area contributed by atoms with Gasteiger partial charge in [-0.05, 0) is 55.6 Å². The van der Waals surface area contributed by atoms with Crippen molar-refractivity contribution in [3.8, 4) is 0 Å². The third-order valence-corrected chi connectivity index (χ3v) is 3.94. The molecule has 0 saturated carbocycles. The van der Waals surface area contributed by atoms with E-state index in [1.165, 1.54) is 17.3 Å². The molecule has 0 fully saturated rings. The summed E-state index contributed by atoms with van der Waals surface area (Å²) in [5.74, 6) is 0. The molecule has 20 heavy (non-hydrogen) atoms. The standard InChI is InChI=1S/C15H15N3OS/c1-10(16-2)11-7-8-17-14(9-11)20-15-18-12-5-3-4-6-13(12)19-15/h3-10,16H,1-2H3. The van der Waals surface area contributed by atoms with Crippen molar-refractivity contribution in [2.75, 3.05) is 7.05 Å². The molecular weight excluding hydrogens is 270 g/mol. The van der Waals surface area contributed by atoms with Gasteiger partial charge in [0.2, 0.25) is 0 Å². The Bertz CT molecular complexity index is 693. The number of benzene rings is 1. The molecule has 0 bridgehead atoms. The second kappa shape index (κ2) is 5.64. The zero-order chi connectivity index (χ0) is 13.9. The van der Waals surface area contributed by atoms with Crippen LogP contribution in [0.15, 0.2) is 57.3 Å². The number of pyridine rings is 1. The van der Waals surface area contributed by atoms with Crippen molar-refractivity contribution in [2.24, 2.45) is 0 Å². The van der Waals surface area contributed by atoms with Crippen LogP contribution >= 0.6 is 11.8 Å². The van der Waals surface area contributed by atoms with E-state index in [0.29, 0.717) is 11.3 Å². The van der Waals surface area contributed by atoms with Crippen molar-refractivity contribution in [3.63, 3.8) is 0 Å². The number of fused-ring (bicyclic) bond motifs is 1. The lowest BCUT2D eigenvalue weighted by Gasteiger charge is -2.10. The molecule has 0 aliphatic heterocycles. The van der Waals surface area contributed by atoms with Gasteiger partial charge < -0.3 is 9.73 Å². The normalized spacial score (nSPS) is 12.7. The van der Waals surface area contributed by atoms with E-state index < -0.39 is 0 Å². The van der Waals surface area contributed by atoms with Crippen LogP contribution in [0.25, 0.3) is 11.1 Å². The third-order valence-electron chi connectivity index (χ3n) is 3.16. The van der Waals surface area contributed by atoms with Crippen molar-refractivity contribution in [1.82, 2.24) is 15.3 Å². The summed E-state index contributed by atoms with van der Waals surface area (Å²) >= 11 is 1.44. The number of para-hydroxylation sites is 2. The van der Waals surface area contributed by atoms with Gasteiger partial charge >= 0.3 is 0 Å². The fourth-order valence-corrected chi connectivity index (χ4v) is 2.66. The lowest BCUT2D eigenvalue weighted by Crippen LogP contribution is -2.12. The Hall–Kier alpha value is -1.85. The molecule has 3 aromatic rings. The molecule has 0 radical (unpaired) electrons. The number of nitrogens with one attached hydrogen (secondary N) is 1. The van der Waals surface area contributed by atoms with E-state index in [9.17, 15) is 0 Å². The van der Waals surface area contributed by atoms with E-state index in [-0.39, 0.29) is 0 Å². The molecule has 4 nitrogen and oxygen atoms in total. The average Bonchev–Trinajstić information content (AvgIpc) is 2.88. The lowest BCUT2D eigenvalue weighted by atomic mass is 10.1. The molecule has 0 spiro atoms. The van der Waals surface area contributed by atoms with E-state index in [1.807, 2.05) is 43.6 Å². The average molecular weight is 285 g/mol. The molecular formula is C15H15N3OS. The number of rotatable bonds is 4. The highest BCUT2D eigenvalue weighted by molar-refractivity contribution is 7.99. The summed E-state index contributed by atoms with van der Waals surface area (Å²) in [7, 11) is 1.94. The first kappa shape index (κ1) is 13.1. The van der Waals surface area contributed by atoms with Gasteiger partial charge in [-0.2, -0.15) is 0 Å². The second-order valence-electron chi connectivity index (χ2n) is 4.49. The largest absolute Gasteiger partial charge is 0.431 e. The van der Waals surface area contributed by atoms with Crippen LogP contribution in [0, 0.1) is 0 Å². The van der Waals surface area contributed by atoms with E-state index >= 15 is 0 Å². The van der Waals surface area contributed by atoms with Gasteiger partial charge in [-0.3, -0.25) is 0 Å². The lowest BCUT2D eigenvalue weighted by molar-refractivity contribution is 0.489. The van der Waals surface area contributed by atoms with Gasteiger partial charge in [-0.1, -0.05) is 12.1 Å². The van der Waals surface area contributed by atoms with E-state index in [1.54, 1.807) is 0 Å². The first-order valence-electron chi connectivity index (χ1n) is 6.43. The molecule has 1 N–H and O–H groups in total. The van der Waals surface area contributed by atoms with E-state index in [4.69, 9.17) is 4.42 Å². The van der Waals surface area contributed by atoms with Crippen LogP contribution in [0.3, 0.4) is 0 Å². The first-order chi connectivity index (χ1) is 9.76. The number of oxazole rings is 1. The number of hydrogen-bond acceptors (Lipinski definition) is 5. The maximum Gasteiger partial charge on any atom is 0.263 e. The maximum atomic E-state index is 5.69. The van der Waals surface area contributed by atoms with Crippen molar-refractivity contribution < 1.29 is 4.42 Å². The monoisotopic (exact) mass is 285 g/mol. The SMILES string of the molecule is CNC(C)c1ccnc(Sc2nc3ccccc3o2)c1. The molecule has 1 aromatic carbocycles. The van der Waals surface area contributed by atoms with Gasteiger partial charge in [-0.25, -0.2) is 9.97 Å².